The van der Waals surface area contributed by atoms with Crippen molar-refractivity contribution in [1.82, 2.24) is 4.90 Å². The molecule has 0 saturated carbocycles. The van der Waals surface area contributed by atoms with Crippen molar-refractivity contribution in [2.24, 2.45) is 0 Å². The smallest absolute Gasteiger partial charge is 0.341 e. The van der Waals surface area contributed by atoms with Gasteiger partial charge in [-0.3, -0.25) is 4.90 Å². The summed E-state index contributed by atoms with van der Waals surface area (Å²) in [6.07, 6.45) is -3.33. The highest BCUT2D eigenvalue weighted by molar-refractivity contribution is 7.80. The van der Waals surface area contributed by atoms with E-state index in [0.717, 1.165) is 23.5 Å². The summed E-state index contributed by atoms with van der Waals surface area (Å²) in [5, 5.41) is 3.90. The van der Waals surface area contributed by atoms with Gasteiger partial charge in [-0.2, -0.15) is 13.2 Å². The van der Waals surface area contributed by atoms with Crippen molar-refractivity contribution >= 4 is 28.8 Å². The Hall–Kier alpha value is -2.35. The van der Waals surface area contributed by atoms with Crippen LogP contribution in [0.1, 0.15) is 11.1 Å². The molecule has 138 valence electrons. The Morgan fingerprint density at radius 1 is 1.12 bits per heavy atom. The summed E-state index contributed by atoms with van der Waals surface area (Å²) in [6.45, 7) is 4.78. The Morgan fingerprint density at radius 3 is 2.42 bits per heavy atom. The zero-order chi connectivity index (χ0) is 18.7. The number of piperazine rings is 1. The molecule has 2 heterocycles. The van der Waals surface area contributed by atoms with Crippen LogP contribution in [0.15, 0.2) is 42.6 Å². The molecule has 0 spiro atoms. The highest BCUT2D eigenvalue weighted by atomic mass is 32.1. The SMILES string of the molecule is Cc1cccc(NC(=S)N2CCN(c3ccc(C(F)(F)F)c[nH+]3)CC2)c1. The molecule has 1 aromatic heterocycles. The minimum Gasteiger partial charge on any atom is -0.341 e. The summed E-state index contributed by atoms with van der Waals surface area (Å²) in [7, 11) is 0. The average molecular weight is 381 g/mol. The number of hydrogen-bond acceptors (Lipinski definition) is 2. The molecular weight excluding hydrogens is 361 g/mol. The van der Waals surface area contributed by atoms with Crippen LogP contribution < -0.4 is 15.2 Å². The van der Waals surface area contributed by atoms with Crippen LogP contribution in [0.3, 0.4) is 0 Å². The zero-order valence-electron chi connectivity index (χ0n) is 14.3. The van der Waals surface area contributed by atoms with Crippen molar-refractivity contribution in [3.05, 3.63) is 53.7 Å². The van der Waals surface area contributed by atoms with E-state index in [1.807, 2.05) is 36.1 Å². The molecule has 0 amide bonds. The summed E-state index contributed by atoms with van der Waals surface area (Å²) >= 11 is 5.48. The van der Waals surface area contributed by atoms with E-state index in [-0.39, 0.29) is 0 Å². The highest BCUT2D eigenvalue weighted by Crippen LogP contribution is 2.28. The van der Waals surface area contributed by atoms with Crippen LogP contribution in [-0.2, 0) is 6.18 Å². The predicted molar refractivity (Wildman–Crippen MR) is 99.2 cm³/mol. The number of rotatable bonds is 2. The van der Waals surface area contributed by atoms with Gasteiger partial charge in [0.05, 0.1) is 18.7 Å². The van der Waals surface area contributed by atoms with Crippen molar-refractivity contribution < 1.29 is 18.2 Å². The number of aromatic nitrogens is 1. The minimum atomic E-state index is -4.33. The van der Waals surface area contributed by atoms with Gasteiger partial charge in [0, 0.05) is 11.8 Å². The maximum Gasteiger partial charge on any atom is 0.419 e. The quantitative estimate of drug-likeness (QED) is 0.809. The fraction of sp³-hybridized carbons (Fsp3) is 0.333. The molecule has 1 saturated heterocycles. The van der Waals surface area contributed by atoms with Gasteiger partial charge in [0.2, 0.25) is 0 Å². The number of pyridine rings is 1. The van der Waals surface area contributed by atoms with Crippen LogP contribution in [-0.4, -0.2) is 36.2 Å². The first-order chi connectivity index (χ1) is 12.3. The summed E-state index contributed by atoms with van der Waals surface area (Å²) in [6, 6.07) is 10.6. The number of aryl methyl sites for hydroxylation is 1. The van der Waals surface area contributed by atoms with Gasteiger partial charge in [0.25, 0.3) is 5.82 Å². The first-order valence-corrected chi connectivity index (χ1v) is 8.70. The minimum absolute atomic E-state index is 0.659. The lowest BCUT2D eigenvalue weighted by atomic mass is 10.2. The van der Waals surface area contributed by atoms with E-state index in [0.29, 0.717) is 37.1 Å². The van der Waals surface area contributed by atoms with Crippen LogP contribution in [0.2, 0.25) is 0 Å². The number of hydrogen-bond donors (Lipinski definition) is 1. The zero-order valence-corrected chi connectivity index (χ0v) is 15.1. The third-order valence-electron chi connectivity index (χ3n) is 4.30. The second-order valence-electron chi connectivity index (χ2n) is 6.23. The van der Waals surface area contributed by atoms with E-state index in [4.69, 9.17) is 12.2 Å². The van der Waals surface area contributed by atoms with Crippen molar-refractivity contribution in [2.45, 2.75) is 13.1 Å². The number of alkyl halides is 3. The largest absolute Gasteiger partial charge is 0.419 e. The monoisotopic (exact) mass is 381 g/mol. The fourth-order valence-corrected chi connectivity index (χ4v) is 3.17. The Balaban J connectivity index is 1.56. The number of benzene rings is 1. The number of nitrogens with one attached hydrogen (secondary N) is 2. The lowest BCUT2D eigenvalue weighted by Gasteiger charge is -2.32. The molecule has 8 heteroatoms. The number of aromatic amines is 1. The van der Waals surface area contributed by atoms with Gasteiger partial charge in [-0.15, -0.1) is 0 Å². The summed E-state index contributed by atoms with van der Waals surface area (Å²) in [4.78, 5) is 6.83. The molecule has 1 aliphatic rings. The normalized spacial score (nSPS) is 15.1. The standard InChI is InChI=1S/C18H19F3N4S/c1-13-3-2-4-15(11-13)23-17(26)25-9-7-24(8-10-25)16-6-5-14(12-22-16)18(19,20)21/h2-6,11-12H,7-10H2,1H3,(H,23,26)/p+1. The summed E-state index contributed by atoms with van der Waals surface area (Å²) < 4.78 is 37.9. The van der Waals surface area contributed by atoms with Crippen LogP contribution in [0.4, 0.5) is 24.7 Å². The molecule has 0 unspecified atom stereocenters. The highest BCUT2D eigenvalue weighted by Gasteiger charge is 2.32. The number of anilines is 2. The first-order valence-electron chi connectivity index (χ1n) is 8.29. The number of H-pyrrole nitrogens is 1. The molecule has 26 heavy (non-hydrogen) atoms. The maximum atomic E-state index is 12.6. The summed E-state index contributed by atoms with van der Waals surface area (Å²) in [5.41, 5.74) is 1.43. The molecule has 2 N–H and O–H groups in total. The van der Waals surface area contributed by atoms with Gasteiger partial charge < -0.3 is 10.2 Å². The van der Waals surface area contributed by atoms with Crippen molar-refractivity contribution in [3.63, 3.8) is 0 Å². The van der Waals surface area contributed by atoms with Crippen LogP contribution >= 0.6 is 12.2 Å². The van der Waals surface area contributed by atoms with Crippen LogP contribution in [0.5, 0.6) is 0 Å². The van der Waals surface area contributed by atoms with E-state index < -0.39 is 11.7 Å². The topological polar surface area (TPSA) is 32.6 Å². The molecule has 2 aromatic rings. The molecule has 1 aliphatic heterocycles. The lowest BCUT2D eigenvalue weighted by Crippen LogP contribution is -2.51. The maximum absolute atomic E-state index is 12.6. The third kappa shape index (κ3) is 4.43. The van der Waals surface area contributed by atoms with E-state index in [9.17, 15) is 13.2 Å². The Morgan fingerprint density at radius 2 is 1.85 bits per heavy atom. The molecule has 4 nitrogen and oxygen atoms in total. The van der Waals surface area contributed by atoms with E-state index in [1.165, 1.54) is 6.07 Å². The predicted octanol–water partition coefficient (Wildman–Crippen LogP) is 3.35. The average Bonchev–Trinajstić information content (AvgIpc) is 2.61. The number of halogens is 3. The second-order valence-corrected chi connectivity index (χ2v) is 6.62. The van der Waals surface area contributed by atoms with Gasteiger partial charge in [0.1, 0.15) is 19.3 Å². The second kappa shape index (κ2) is 7.49. The third-order valence-corrected chi connectivity index (χ3v) is 4.66. The molecule has 3 rings (SSSR count). The lowest BCUT2D eigenvalue weighted by molar-refractivity contribution is -0.367. The van der Waals surface area contributed by atoms with Gasteiger partial charge in [-0.1, -0.05) is 12.1 Å². The molecular formula is C18H20F3N4S+. The fourth-order valence-electron chi connectivity index (χ4n) is 2.87. The molecule has 1 fully saturated rings. The van der Waals surface area contributed by atoms with Crippen LogP contribution in [0, 0.1) is 6.92 Å². The van der Waals surface area contributed by atoms with E-state index in [1.54, 1.807) is 0 Å². The molecule has 0 atom stereocenters. The number of thiocarbonyl (C=S) groups is 1. The first kappa shape index (κ1) is 18.4. The summed E-state index contributed by atoms with van der Waals surface area (Å²) in [5.74, 6) is 0.676. The van der Waals surface area contributed by atoms with Crippen LogP contribution in [0.25, 0.3) is 0 Å². The Bertz CT molecular complexity index is 769. The van der Waals surface area contributed by atoms with Crippen molar-refractivity contribution in [2.75, 3.05) is 36.4 Å². The van der Waals surface area contributed by atoms with E-state index in [2.05, 4.69) is 15.2 Å². The van der Waals surface area contributed by atoms with Crippen molar-refractivity contribution in [1.29, 1.82) is 0 Å². The van der Waals surface area contributed by atoms with Gasteiger partial charge >= 0.3 is 6.18 Å². The van der Waals surface area contributed by atoms with Crippen molar-refractivity contribution in [3.8, 4) is 0 Å². The molecule has 0 aliphatic carbocycles. The van der Waals surface area contributed by atoms with E-state index >= 15 is 0 Å². The Kier molecular flexibility index (Phi) is 5.31. The number of nitrogens with zero attached hydrogens (tertiary/aromatic N) is 2. The molecule has 0 bridgehead atoms. The Labute approximate surface area is 155 Å². The van der Waals surface area contributed by atoms with Gasteiger partial charge in [-0.25, -0.2) is 4.98 Å². The van der Waals surface area contributed by atoms with Gasteiger partial charge in [0.15, 0.2) is 5.11 Å². The molecule has 0 radical (unpaired) electrons. The molecule has 1 aromatic carbocycles. The van der Waals surface area contributed by atoms with Gasteiger partial charge in [-0.05, 0) is 42.9 Å².